The molecule has 3 rings (SSSR count). The van der Waals surface area contributed by atoms with Crippen molar-refractivity contribution in [3.8, 4) is 0 Å². The number of imidazole rings is 1. The minimum atomic E-state index is -0.415. The van der Waals surface area contributed by atoms with E-state index in [1.54, 1.807) is 48.8 Å². The van der Waals surface area contributed by atoms with Crippen molar-refractivity contribution in [3.05, 3.63) is 64.9 Å². The molecule has 0 saturated carbocycles. The van der Waals surface area contributed by atoms with Gasteiger partial charge in [0, 0.05) is 10.6 Å². The van der Waals surface area contributed by atoms with Crippen LogP contribution in [-0.4, -0.2) is 31.9 Å². The topological polar surface area (TPSA) is 108 Å². The van der Waals surface area contributed by atoms with E-state index in [1.807, 2.05) is 0 Å². The number of H-pyrrole nitrogens is 1. The van der Waals surface area contributed by atoms with Crippen molar-refractivity contribution in [1.29, 1.82) is 0 Å². The summed E-state index contributed by atoms with van der Waals surface area (Å²) < 4.78 is 0. The summed E-state index contributed by atoms with van der Waals surface area (Å²) in [6.07, 6.45) is 1.55. The number of nitrogens with one attached hydrogen (secondary N) is 1. The van der Waals surface area contributed by atoms with E-state index in [4.69, 9.17) is 22.5 Å². The van der Waals surface area contributed by atoms with E-state index >= 15 is 0 Å². The Morgan fingerprint density at radius 2 is 2.08 bits per heavy atom. The van der Waals surface area contributed by atoms with E-state index in [-0.39, 0.29) is 24.9 Å². The maximum atomic E-state index is 12.8. The molecule has 9 heteroatoms. The van der Waals surface area contributed by atoms with Crippen LogP contribution in [0.15, 0.2) is 53.9 Å². The monoisotopic (exact) mass is 379 g/mol. The molecule has 0 radical (unpaired) electrons. The Hall–Kier alpha value is -2.77. The third-order valence-electron chi connectivity index (χ3n) is 3.58. The van der Waals surface area contributed by atoms with Crippen molar-refractivity contribution in [2.75, 3.05) is 0 Å². The summed E-state index contributed by atoms with van der Waals surface area (Å²) in [7, 11) is 0. The van der Waals surface area contributed by atoms with Gasteiger partial charge in [-0.2, -0.15) is 0 Å². The van der Waals surface area contributed by atoms with Crippen LogP contribution in [0.5, 0.6) is 0 Å². The number of aromatic nitrogens is 2. The maximum absolute atomic E-state index is 12.8. The number of carbonyl (C=O) groups is 1. The lowest BCUT2D eigenvalue weighted by molar-refractivity contribution is 0.0833. The Labute approximate surface area is 154 Å². The summed E-state index contributed by atoms with van der Waals surface area (Å²) in [6, 6.07) is 12.1. The number of fused-ring (bicyclic) bond motifs is 1. The number of hydrogen-bond acceptors (Lipinski definition) is 4. The molecule has 0 fully saturated rings. The Bertz CT molecular complexity index is 926. The fourth-order valence-corrected chi connectivity index (χ4v) is 2.53. The lowest BCUT2D eigenvalue weighted by Gasteiger charge is -2.21. The molecule has 0 aliphatic rings. The van der Waals surface area contributed by atoms with E-state index < -0.39 is 5.91 Å². The van der Waals surface area contributed by atoms with Crippen LogP contribution >= 0.6 is 24.0 Å². The van der Waals surface area contributed by atoms with Crippen molar-refractivity contribution >= 4 is 46.9 Å². The molecule has 0 bridgehead atoms. The van der Waals surface area contributed by atoms with Crippen LogP contribution < -0.4 is 5.73 Å². The Morgan fingerprint density at radius 1 is 1.32 bits per heavy atom. The van der Waals surface area contributed by atoms with Crippen LogP contribution in [0.2, 0.25) is 5.02 Å². The number of hydrogen-bond donors (Lipinski definition) is 3. The molecule has 0 aliphatic carbocycles. The lowest BCUT2D eigenvalue weighted by Crippen LogP contribution is -2.41. The fraction of sp³-hybridized carbons (Fsp3) is 0.0625. The predicted molar refractivity (Wildman–Crippen MR) is 98.1 cm³/mol. The molecular formula is C16H15Cl2N5O2. The van der Waals surface area contributed by atoms with Crippen LogP contribution in [0.4, 0.5) is 0 Å². The highest BCUT2D eigenvalue weighted by molar-refractivity contribution is 6.31. The maximum Gasteiger partial charge on any atom is 0.261 e. The van der Waals surface area contributed by atoms with Gasteiger partial charge in [0.15, 0.2) is 0 Å². The summed E-state index contributed by atoms with van der Waals surface area (Å²) in [4.78, 5) is 21.0. The molecule has 4 N–H and O–H groups in total. The highest BCUT2D eigenvalue weighted by Crippen LogP contribution is 2.19. The third kappa shape index (κ3) is 3.84. The highest BCUT2D eigenvalue weighted by atomic mass is 35.5. The Morgan fingerprint density at radius 3 is 2.80 bits per heavy atom. The molecule has 1 aromatic heterocycles. The van der Waals surface area contributed by atoms with Crippen LogP contribution in [0.25, 0.3) is 11.0 Å². The van der Waals surface area contributed by atoms with Gasteiger partial charge in [-0.25, -0.2) is 4.98 Å². The van der Waals surface area contributed by atoms with Gasteiger partial charge < -0.3 is 15.9 Å². The first-order chi connectivity index (χ1) is 11.6. The van der Waals surface area contributed by atoms with E-state index in [0.717, 1.165) is 15.9 Å². The average Bonchev–Trinajstić information content (AvgIpc) is 3.07. The van der Waals surface area contributed by atoms with Gasteiger partial charge in [0.05, 0.1) is 23.9 Å². The van der Waals surface area contributed by atoms with Gasteiger partial charge in [-0.3, -0.25) is 9.69 Å². The first-order valence-corrected chi connectivity index (χ1v) is 7.44. The van der Waals surface area contributed by atoms with Crippen molar-refractivity contribution in [2.24, 2.45) is 10.9 Å². The van der Waals surface area contributed by atoms with E-state index in [2.05, 4.69) is 15.1 Å². The molecule has 25 heavy (non-hydrogen) atoms. The zero-order valence-corrected chi connectivity index (χ0v) is 14.5. The Kier molecular flexibility index (Phi) is 5.84. The summed E-state index contributed by atoms with van der Waals surface area (Å²) in [5.41, 5.74) is 8.21. The van der Waals surface area contributed by atoms with Gasteiger partial charge >= 0.3 is 0 Å². The van der Waals surface area contributed by atoms with Crippen LogP contribution in [0, 0.1) is 0 Å². The zero-order chi connectivity index (χ0) is 17.1. The molecule has 0 saturated heterocycles. The number of aromatic amines is 1. The average molecular weight is 380 g/mol. The molecular weight excluding hydrogens is 365 g/mol. The van der Waals surface area contributed by atoms with Gasteiger partial charge in [-0.15, -0.1) is 12.4 Å². The number of rotatable bonds is 3. The first-order valence-electron chi connectivity index (χ1n) is 7.06. The van der Waals surface area contributed by atoms with Crippen LogP contribution in [0.1, 0.15) is 15.9 Å². The SMILES string of the molecule is Cl.NC(=NO)N(Cc1ccccc1Cl)C(=O)c1ccc2nc[nH]c2c1. The summed E-state index contributed by atoms with van der Waals surface area (Å²) >= 11 is 6.14. The van der Waals surface area contributed by atoms with Gasteiger partial charge in [0.1, 0.15) is 0 Å². The smallest absolute Gasteiger partial charge is 0.261 e. The number of halogens is 2. The summed E-state index contributed by atoms with van der Waals surface area (Å²) in [6.45, 7) is 0.0788. The van der Waals surface area contributed by atoms with E-state index in [1.165, 1.54) is 0 Å². The molecule has 0 atom stereocenters. The van der Waals surface area contributed by atoms with Gasteiger partial charge in [0.25, 0.3) is 5.91 Å². The molecule has 1 heterocycles. The predicted octanol–water partition coefficient (Wildman–Crippen LogP) is 2.98. The largest absolute Gasteiger partial charge is 0.408 e. The molecule has 3 aromatic rings. The number of oxime groups is 1. The number of nitrogens with zero attached hydrogens (tertiary/aromatic N) is 3. The summed E-state index contributed by atoms with van der Waals surface area (Å²) in [5, 5.41) is 12.4. The molecule has 0 spiro atoms. The van der Waals surface area contributed by atoms with Crippen molar-refractivity contribution in [3.63, 3.8) is 0 Å². The number of guanidine groups is 1. The fourth-order valence-electron chi connectivity index (χ4n) is 2.33. The molecule has 7 nitrogen and oxygen atoms in total. The van der Waals surface area contributed by atoms with Crippen LogP contribution in [0.3, 0.4) is 0 Å². The molecule has 0 aliphatic heterocycles. The third-order valence-corrected chi connectivity index (χ3v) is 3.95. The normalized spacial score (nSPS) is 11.2. The first kappa shape index (κ1) is 18.6. The second kappa shape index (κ2) is 7.87. The summed E-state index contributed by atoms with van der Waals surface area (Å²) in [5.74, 6) is -0.730. The second-order valence-electron chi connectivity index (χ2n) is 5.08. The van der Waals surface area contributed by atoms with Gasteiger partial charge in [0.2, 0.25) is 5.96 Å². The zero-order valence-electron chi connectivity index (χ0n) is 12.9. The van der Waals surface area contributed by atoms with E-state index in [9.17, 15) is 4.79 Å². The van der Waals surface area contributed by atoms with Crippen molar-refractivity contribution in [2.45, 2.75) is 6.54 Å². The molecule has 1 amide bonds. The number of nitrogens with two attached hydrogens (primary N) is 1. The quantitative estimate of drug-likeness (QED) is 0.281. The van der Waals surface area contributed by atoms with Crippen LogP contribution in [-0.2, 0) is 6.54 Å². The van der Waals surface area contributed by atoms with Gasteiger partial charge in [-0.05, 0) is 29.8 Å². The Balaban J connectivity index is 0.00000225. The van der Waals surface area contributed by atoms with Gasteiger partial charge in [-0.1, -0.05) is 35.0 Å². The molecule has 0 unspecified atom stereocenters. The van der Waals surface area contributed by atoms with E-state index in [0.29, 0.717) is 16.1 Å². The minimum absolute atomic E-state index is 0. The molecule has 130 valence electrons. The minimum Gasteiger partial charge on any atom is -0.408 e. The number of carbonyl (C=O) groups excluding carboxylic acids is 1. The highest BCUT2D eigenvalue weighted by Gasteiger charge is 2.21. The number of benzene rings is 2. The second-order valence-corrected chi connectivity index (χ2v) is 5.48. The van der Waals surface area contributed by atoms with Crippen molar-refractivity contribution < 1.29 is 10.0 Å². The standard InChI is InChI=1S/C16H14ClN5O2.ClH/c17-12-4-2-1-3-11(12)8-22(16(18)21-24)15(23)10-5-6-13-14(7-10)20-9-19-13;/h1-7,9,24H,8H2,(H2,18,21)(H,19,20);1H. The molecule has 2 aromatic carbocycles. The lowest BCUT2D eigenvalue weighted by atomic mass is 10.1. The van der Waals surface area contributed by atoms with Crippen molar-refractivity contribution in [1.82, 2.24) is 14.9 Å². The number of amides is 1.